The van der Waals surface area contributed by atoms with Gasteiger partial charge in [-0.1, -0.05) is 0 Å². The van der Waals surface area contributed by atoms with Gasteiger partial charge < -0.3 is 10.8 Å². The largest absolute Gasteiger partial charge is 0.480 e. The Bertz CT molecular complexity index is 452. The molecule has 1 aromatic rings. The molecule has 0 aliphatic carbocycles. The number of benzene rings is 1. The van der Waals surface area contributed by atoms with E-state index >= 15 is 0 Å². The SMILES string of the molecule is N[C@@H](Cc1c(F)c(F)c(F)c(F)c1I)C(=O)O. The highest BCUT2D eigenvalue weighted by Crippen LogP contribution is 2.26. The minimum absolute atomic E-state index is 0.518. The lowest BCUT2D eigenvalue weighted by atomic mass is 10.1. The molecular formula is C9H6F4INO2. The van der Waals surface area contributed by atoms with Crippen molar-refractivity contribution >= 4 is 28.6 Å². The van der Waals surface area contributed by atoms with Crippen molar-refractivity contribution in [1.82, 2.24) is 0 Å². The zero-order valence-electron chi connectivity index (χ0n) is 8.11. The van der Waals surface area contributed by atoms with Gasteiger partial charge in [-0.05, 0) is 22.6 Å². The predicted molar refractivity (Wildman–Crippen MR) is 58.3 cm³/mol. The second-order valence-electron chi connectivity index (χ2n) is 3.20. The third-order valence-electron chi connectivity index (χ3n) is 2.04. The first-order chi connectivity index (χ1) is 7.77. The second-order valence-corrected chi connectivity index (χ2v) is 4.28. The summed E-state index contributed by atoms with van der Waals surface area (Å²) < 4.78 is 51.6. The topological polar surface area (TPSA) is 63.3 Å². The van der Waals surface area contributed by atoms with E-state index in [1.807, 2.05) is 0 Å². The van der Waals surface area contributed by atoms with E-state index in [0.717, 1.165) is 0 Å². The first-order valence-corrected chi connectivity index (χ1v) is 5.34. The quantitative estimate of drug-likeness (QED) is 0.373. The van der Waals surface area contributed by atoms with Gasteiger partial charge in [0.05, 0.1) is 3.57 Å². The molecule has 17 heavy (non-hydrogen) atoms. The lowest BCUT2D eigenvalue weighted by Gasteiger charge is -2.11. The molecule has 0 heterocycles. The Morgan fingerprint density at radius 3 is 2.12 bits per heavy atom. The van der Waals surface area contributed by atoms with E-state index in [1.54, 1.807) is 0 Å². The normalized spacial score (nSPS) is 12.6. The van der Waals surface area contributed by atoms with Crippen LogP contribution in [0.4, 0.5) is 17.6 Å². The molecule has 0 radical (unpaired) electrons. The molecule has 0 fully saturated rings. The standard InChI is InChI=1S/C9H6F4INO2/c10-4-2(1-3(15)9(16)17)8(14)7(13)6(12)5(4)11/h3H,1,15H2,(H,16,17)/t3-/m0/s1. The average Bonchev–Trinajstić information content (AvgIpc) is 2.29. The van der Waals surface area contributed by atoms with Crippen LogP contribution in [-0.4, -0.2) is 17.1 Å². The monoisotopic (exact) mass is 363 g/mol. The molecule has 1 rings (SSSR count). The highest BCUT2D eigenvalue weighted by molar-refractivity contribution is 14.1. The molecule has 3 N–H and O–H groups in total. The number of rotatable bonds is 3. The number of hydrogen-bond donors (Lipinski definition) is 2. The fourth-order valence-electron chi connectivity index (χ4n) is 1.14. The molecule has 0 aliphatic heterocycles. The van der Waals surface area contributed by atoms with Gasteiger partial charge in [-0.2, -0.15) is 0 Å². The number of aliphatic carboxylic acids is 1. The highest BCUT2D eigenvalue weighted by atomic mass is 127. The van der Waals surface area contributed by atoms with E-state index in [0.29, 0.717) is 0 Å². The first kappa shape index (κ1) is 14.2. The lowest BCUT2D eigenvalue weighted by Crippen LogP contribution is -2.33. The van der Waals surface area contributed by atoms with Crippen LogP contribution in [0.5, 0.6) is 0 Å². The van der Waals surface area contributed by atoms with Crippen molar-refractivity contribution in [2.45, 2.75) is 12.5 Å². The number of carboxylic acid groups (broad SMARTS) is 1. The van der Waals surface area contributed by atoms with Gasteiger partial charge in [-0.3, -0.25) is 4.79 Å². The first-order valence-electron chi connectivity index (χ1n) is 4.26. The third-order valence-corrected chi connectivity index (χ3v) is 3.17. The Morgan fingerprint density at radius 1 is 1.18 bits per heavy atom. The van der Waals surface area contributed by atoms with Crippen LogP contribution in [0.15, 0.2) is 0 Å². The Kier molecular flexibility index (Phi) is 4.31. The number of carboxylic acids is 1. The Hall–Kier alpha value is -0.900. The van der Waals surface area contributed by atoms with E-state index < -0.39 is 50.8 Å². The molecule has 0 aliphatic rings. The molecule has 3 nitrogen and oxygen atoms in total. The summed E-state index contributed by atoms with van der Waals surface area (Å²) in [4.78, 5) is 10.5. The zero-order valence-corrected chi connectivity index (χ0v) is 10.3. The summed E-state index contributed by atoms with van der Waals surface area (Å²) in [5.41, 5.74) is 4.53. The molecule has 0 spiro atoms. The second kappa shape index (κ2) is 5.17. The Morgan fingerprint density at radius 2 is 1.65 bits per heavy atom. The van der Waals surface area contributed by atoms with E-state index in [-0.39, 0.29) is 0 Å². The van der Waals surface area contributed by atoms with Crippen molar-refractivity contribution in [3.8, 4) is 0 Å². The molecule has 94 valence electrons. The summed E-state index contributed by atoms with van der Waals surface area (Å²) in [5, 5.41) is 8.51. The summed E-state index contributed by atoms with van der Waals surface area (Å²) in [6.45, 7) is 0. The summed E-state index contributed by atoms with van der Waals surface area (Å²) in [5.74, 6) is -8.54. The van der Waals surface area contributed by atoms with Gasteiger partial charge >= 0.3 is 5.97 Å². The predicted octanol–water partition coefficient (Wildman–Crippen LogP) is 1.80. The maximum Gasteiger partial charge on any atom is 0.320 e. The minimum Gasteiger partial charge on any atom is -0.480 e. The maximum atomic E-state index is 13.3. The summed E-state index contributed by atoms with van der Waals surface area (Å²) in [6.07, 6.45) is -0.631. The van der Waals surface area contributed by atoms with Crippen LogP contribution in [0.2, 0.25) is 0 Å². The minimum atomic E-state index is -1.98. The summed E-state index contributed by atoms with van der Waals surface area (Å²) in [6, 6.07) is -1.53. The van der Waals surface area contributed by atoms with Gasteiger partial charge in [-0.15, -0.1) is 0 Å². The van der Waals surface area contributed by atoms with Crippen LogP contribution in [-0.2, 0) is 11.2 Å². The van der Waals surface area contributed by atoms with Crippen molar-refractivity contribution in [3.63, 3.8) is 0 Å². The average molecular weight is 363 g/mol. The van der Waals surface area contributed by atoms with Crippen LogP contribution in [0, 0.1) is 26.8 Å². The zero-order chi connectivity index (χ0) is 13.3. The van der Waals surface area contributed by atoms with Gasteiger partial charge in [0.2, 0.25) is 0 Å². The molecule has 0 unspecified atom stereocenters. The van der Waals surface area contributed by atoms with E-state index in [1.165, 1.54) is 22.6 Å². The van der Waals surface area contributed by atoms with Crippen molar-refractivity contribution in [2.24, 2.45) is 5.73 Å². The van der Waals surface area contributed by atoms with Crippen molar-refractivity contribution < 1.29 is 27.5 Å². The van der Waals surface area contributed by atoms with Crippen LogP contribution in [0.3, 0.4) is 0 Å². The van der Waals surface area contributed by atoms with Crippen LogP contribution in [0.1, 0.15) is 5.56 Å². The molecule has 0 aromatic heterocycles. The third kappa shape index (κ3) is 2.68. The fourth-order valence-corrected chi connectivity index (χ4v) is 1.83. The van der Waals surface area contributed by atoms with Gasteiger partial charge in [0.1, 0.15) is 6.04 Å². The molecule has 0 amide bonds. The lowest BCUT2D eigenvalue weighted by molar-refractivity contribution is -0.138. The fraction of sp³-hybridized carbons (Fsp3) is 0.222. The summed E-state index contributed by atoms with van der Waals surface area (Å²) >= 11 is 1.26. The van der Waals surface area contributed by atoms with Crippen molar-refractivity contribution in [1.29, 1.82) is 0 Å². The van der Waals surface area contributed by atoms with Gasteiger partial charge in [0, 0.05) is 12.0 Å². The van der Waals surface area contributed by atoms with Gasteiger partial charge in [-0.25, -0.2) is 17.6 Å². The summed E-state index contributed by atoms with van der Waals surface area (Å²) in [7, 11) is 0. The van der Waals surface area contributed by atoms with E-state index in [2.05, 4.69) is 0 Å². The van der Waals surface area contributed by atoms with E-state index in [4.69, 9.17) is 10.8 Å². The Balaban J connectivity index is 3.30. The van der Waals surface area contributed by atoms with Crippen molar-refractivity contribution in [3.05, 3.63) is 32.4 Å². The number of halogens is 5. The van der Waals surface area contributed by atoms with Gasteiger partial charge in [0.25, 0.3) is 0 Å². The molecule has 1 aromatic carbocycles. The number of nitrogens with two attached hydrogens (primary N) is 1. The highest BCUT2D eigenvalue weighted by Gasteiger charge is 2.26. The molecule has 0 saturated heterocycles. The molecule has 1 atom stereocenters. The smallest absolute Gasteiger partial charge is 0.320 e. The maximum absolute atomic E-state index is 13.3. The van der Waals surface area contributed by atoms with Crippen LogP contribution < -0.4 is 5.73 Å². The molecule has 0 bridgehead atoms. The van der Waals surface area contributed by atoms with E-state index in [9.17, 15) is 22.4 Å². The molecule has 0 saturated carbocycles. The van der Waals surface area contributed by atoms with Crippen molar-refractivity contribution in [2.75, 3.05) is 0 Å². The van der Waals surface area contributed by atoms with Crippen LogP contribution >= 0.6 is 22.6 Å². The Labute approximate surface area is 107 Å². The van der Waals surface area contributed by atoms with Crippen LogP contribution in [0.25, 0.3) is 0 Å². The van der Waals surface area contributed by atoms with Gasteiger partial charge in [0.15, 0.2) is 23.3 Å². The molecule has 8 heteroatoms. The molecular weight excluding hydrogens is 357 g/mol. The number of hydrogen-bond acceptors (Lipinski definition) is 2. The number of carbonyl (C=O) groups is 1.